The molecule has 68 heavy (non-hydrogen) atoms. The Kier molecular flexibility index (Phi) is 17.2. The van der Waals surface area contributed by atoms with Crippen LogP contribution < -0.4 is 31.1 Å². The van der Waals surface area contributed by atoms with Crippen molar-refractivity contribution in [1.29, 1.82) is 0 Å². The summed E-state index contributed by atoms with van der Waals surface area (Å²) in [5.74, 6) is 0.729. The number of amides is 5. The van der Waals surface area contributed by atoms with Gasteiger partial charge in [-0.1, -0.05) is 39.8 Å². The first kappa shape index (κ1) is 51.7. The molecule has 2 aliphatic heterocycles. The van der Waals surface area contributed by atoms with Crippen molar-refractivity contribution in [2.75, 3.05) is 48.1 Å². The predicted molar refractivity (Wildman–Crippen MR) is 269 cm³/mol. The number of carbonyl (C=O) groups is 5. The Morgan fingerprint density at radius 2 is 1.72 bits per heavy atom. The van der Waals surface area contributed by atoms with Gasteiger partial charge in [0.25, 0.3) is 5.91 Å². The number of ether oxygens (including phenoxy) is 2. The van der Waals surface area contributed by atoms with E-state index in [0.29, 0.717) is 52.5 Å². The molecule has 0 radical (unpaired) electrons. The van der Waals surface area contributed by atoms with Gasteiger partial charge in [0, 0.05) is 42.8 Å². The maximum Gasteiger partial charge on any atom is 0.415 e. The number of alkyl carbamates (subject to hydrolysis) is 1. The summed E-state index contributed by atoms with van der Waals surface area (Å²) in [4.78, 5) is 84.0. The molecule has 0 bridgehead atoms. The van der Waals surface area contributed by atoms with E-state index in [1.165, 1.54) is 17.7 Å². The Bertz CT molecular complexity index is 2340. The summed E-state index contributed by atoms with van der Waals surface area (Å²) < 4.78 is 11.2. The average molecular weight is 954 g/mol. The zero-order chi connectivity index (χ0) is 49.4. The maximum atomic E-state index is 14.7. The molecule has 6 rings (SSSR count). The van der Waals surface area contributed by atoms with Crippen LogP contribution in [0.2, 0.25) is 0 Å². The molecular formula is C51H71N9O7S. The van der Waals surface area contributed by atoms with Crippen LogP contribution in [0.25, 0.3) is 0 Å². The molecule has 1 saturated carbocycles. The molecule has 1 aromatic heterocycles. The fourth-order valence-electron chi connectivity index (χ4n) is 9.03. The summed E-state index contributed by atoms with van der Waals surface area (Å²) in [6.45, 7) is 20.1. The van der Waals surface area contributed by atoms with Gasteiger partial charge in [-0.25, -0.2) is 19.6 Å². The lowest BCUT2D eigenvalue weighted by Gasteiger charge is -2.35. The molecule has 3 aromatic rings. The van der Waals surface area contributed by atoms with Crippen molar-refractivity contribution in [3.05, 3.63) is 70.3 Å². The van der Waals surface area contributed by atoms with Gasteiger partial charge in [-0.3, -0.25) is 29.1 Å². The van der Waals surface area contributed by atoms with E-state index >= 15 is 0 Å². The van der Waals surface area contributed by atoms with Crippen molar-refractivity contribution in [2.45, 2.75) is 136 Å². The molecule has 16 nitrogen and oxygen atoms in total. The molecular weight excluding hydrogens is 883 g/mol. The minimum Gasteiger partial charge on any atom is -0.444 e. The molecule has 0 spiro atoms. The fraction of sp³-hybridized carbons (Fsp3) is 0.549. The molecule has 1 aliphatic carbocycles. The van der Waals surface area contributed by atoms with Gasteiger partial charge < -0.3 is 30.7 Å². The average Bonchev–Trinajstić information content (AvgIpc) is 3.60. The zero-order valence-electron chi connectivity index (χ0n) is 41.7. The minimum atomic E-state index is -0.922. The normalized spacial score (nSPS) is 19.2. The Labute approximate surface area is 406 Å². The van der Waals surface area contributed by atoms with Crippen molar-refractivity contribution < 1.29 is 33.4 Å². The first-order valence-corrected chi connectivity index (χ1v) is 25.1. The monoisotopic (exact) mass is 954 g/mol. The second kappa shape index (κ2) is 22.6. The lowest BCUT2D eigenvalue weighted by atomic mass is 9.72. The van der Waals surface area contributed by atoms with E-state index in [2.05, 4.69) is 52.1 Å². The Morgan fingerprint density at radius 3 is 2.34 bits per heavy atom. The number of carbonyl (C=O) groups excluding carboxylic acids is 5. The van der Waals surface area contributed by atoms with E-state index in [1.54, 1.807) is 95.9 Å². The number of benzene rings is 2. The largest absolute Gasteiger partial charge is 0.444 e. The molecule has 2 aromatic carbocycles. The zero-order valence-corrected chi connectivity index (χ0v) is 42.5. The van der Waals surface area contributed by atoms with Crippen LogP contribution in [0.15, 0.2) is 52.4 Å². The van der Waals surface area contributed by atoms with Gasteiger partial charge in [0.15, 0.2) is 5.82 Å². The number of aliphatic imine (C=N–C) groups is 1. The summed E-state index contributed by atoms with van der Waals surface area (Å²) >= 11 is 1.65. The Morgan fingerprint density at radius 1 is 1.00 bits per heavy atom. The summed E-state index contributed by atoms with van der Waals surface area (Å²) in [5.41, 5.74) is 4.72. The number of nitrogens with zero attached hydrogens (tertiary/aromatic N) is 5. The first-order valence-electron chi connectivity index (χ1n) is 23.9. The highest BCUT2D eigenvalue weighted by molar-refractivity contribution is 7.98. The number of piperidine rings is 1. The molecule has 3 aliphatic rings. The smallest absolute Gasteiger partial charge is 0.415 e. The molecule has 2 fully saturated rings. The summed E-state index contributed by atoms with van der Waals surface area (Å²) in [6.07, 6.45) is 6.64. The molecule has 3 atom stereocenters. The van der Waals surface area contributed by atoms with Crippen LogP contribution in [0.1, 0.15) is 127 Å². The molecule has 4 N–H and O–H groups in total. The van der Waals surface area contributed by atoms with Gasteiger partial charge in [-0.15, -0.1) is 11.8 Å². The van der Waals surface area contributed by atoms with Crippen LogP contribution in [-0.2, 0) is 38.8 Å². The van der Waals surface area contributed by atoms with Crippen LogP contribution in [0.5, 0.6) is 0 Å². The molecule has 0 unspecified atom stereocenters. The summed E-state index contributed by atoms with van der Waals surface area (Å²) in [6, 6.07) is 11.2. The lowest BCUT2D eigenvalue weighted by molar-refractivity contribution is -0.128. The third kappa shape index (κ3) is 12.9. The third-order valence-corrected chi connectivity index (χ3v) is 13.4. The predicted octanol–water partition coefficient (Wildman–Crippen LogP) is 8.74. The first-order chi connectivity index (χ1) is 32.3. The SMILES string of the molecule is CCN(C(=O)OCc1ccc(NC(=O)[C@H](C)NC(=O)[C@@H](NC(=O)OC(C)(C)C)C(C)C)cc1)c1cc([C@H]2C[C@H](C)C2)c(/N=C/NC)c(N2Cc3c(SC)cc(CN4CCC[C@H](C)C4)cc3C2=O)n1. The molecule has 17 heteroatoms. The quantitative estimate of drug-likeness (QED) is 0.0576. The standard InChI is InChI=1S/C51H71N9O7S/c1-12-59(50(65)66-28-34-15-17-37(18-16-34)55-46(61)33(6)54-47(62)43(30(2)3)57-49(64)67-51(7,8)9)42-24-38(36-20-32(5)21-36)44(53-29-52-10)45(56-42)60-27-40-39(48(60)63)22-35(23-41(40)68-11)26-58-19-13-14-31(4)25-58/h15-18,22-24,29-33,36,43H,12-14,19-21,25-28H2,1-11H3,(H,52,53)(H,54,62)(H,55,61)(H,57,64)/t31-,32-,33-,36-,43-/m0/s1. The third-order valence-electron chi connectivity index (χ3n) is 12.6. The van der Waals surface area contributed by atoms with Gasteiger partial charge >= 0.3 is 12.2 Å². The topological polar surface area (TPSA) is 187 Å². The van der Waals surface area contributed by atoms with Crippen LogP contribution in [0.3, 0.4) is 0 Å². The second-order valence-electron chi connectivity index (χ2n) is 19.8. The summed E-state index contributed by atoms with van der Waals surface area (Å²) in [5, 5.41) is 11.1. The van der Waals surface area contributed by atoms with E-state index in [0.717, 1.165) is 54.1 Å². The highest BCUT2D eigenvalue weighted by Crippen LogP contribution is 2.49. The van der Waals surface area contributed by atoms with E-state index in [4.69, 9.17) is 19.5 Å². The van der Waals surface area contributed by atoms with Gasteiger partial charge in [-0.2, -0.15) is 0 Å². The van der Waals surface area contributed by atoms with Gasteiger partial charge in [0.05, 0.1) is 12.9 Å². The van der Waals surface area contributed by atoms with Crippen molar-refractivity contribution >= 4 is 71.0 Å². The van der Waals surface area contributed by atoms with Crippen LogP contribution in [0, 0.1) is 17.8 Å². The number of pyridine rings is 1. The van der Waals surface area contributed by atoms with Crippen molar-refractivity contribution in [1.82, 2.24) is 25.8 Å². The van der Waals surface area contributed by atoms with Gasteiger partial charge in [-0.05, 0) is 149 Å². The Balaban J connectivity index is 1.16. The number of rotatable bonds is 17. The number of hydrogen-bond acceptors (Lipinski definition) is 11. The Hall–Kier alpha value is -5.68. The van der Waals surface area contributed by atoms with E-state index in [9.17, 15) is 24.0 Å². The van der Waals surface area contributed by atoms with Crippen LogP contribution >= 0.6 is 11.8 Å². The fourth-order valence-corrected chi connectivity index (χ4v) is 9.72. The second-order valence-corrected chi connectivity index (χ2v) is 20.7. The molecule has 3 heterocycles. The van der Waals surface area contributed by atoms with E-state index < -0.39 is 41.7 Å². The minimum absolute atomic E-state index is 0.0578. The molecule has 5 amide bonds. The highest BCUT2D eigenvalue weighted by Gasteiger charge is 2.38. The van der Waals surface area contributed by atoms with Crippen molar-refractivity contribution in [3.63, 3.8) is 0 Å². The molecule has 368 valence electrons. The number of anilines is 3. The van der Waals surface area contributed by atoms with Crippen LogP contribution in [-0.4, -0.2) is 96.8 Å². The number of hydrogen-bond donors (Lipinski definition) is 4. The van der Waals surface area contributed by atoms with Gasteiger partial charge in [0.2, 0.25) is 11.8 Å². The van der Waals surface area contributed by atoms with Crippen LogP contribution in [0.4, 0.5) is 32.6 Å². The summed E-state index contributed by atoms with van der Waals surface area (Å²) in [7, 11) is 1.78. The van der Waals surface area contributed by atoms with Crippen molar-refractivity contribution in [3.8, 4) is 0 Å². The highest BCUT2D eigenvalue weighted by atomic mass is 32.2. The van der Waals surface area contributed by atoms with E-state index in [-0.39, 0.29) is 30.9 Å². The number of aromatic nitrogens is 1. The lowest BCUT2D eigenvalue weighted by Crippen LogP contribution is -2.54. The maximum absolute atomic E-state index is 14.7. The molecule has 1 saturated heterocycles. The number of thioether (sulfide) groups is 1. The number of nitrogens with one attached hydrogen (secondary N) is 4. The van der Waals surface area contributed by atoms with Crippen molar-refractivity contribution in [2.24, 2.45) is 22.7 Å². The number of fused-ring (bicyclic) bond motifs is 1. The van der Waals surface area contributed by atoms with Gasteiger partial charge in [0.1, 0.15) is 35.8 Å². The van der Waals surface area contributed by atoms with E-state index in [1.807, 2.05) is 19.2 Å². The number of likely N-dealkylation sites (tertiary alicyclic amines) is 1.